The molecule has 0 radical (unpaired) electrons. The number of aryl methyl sites for hydroxylation is 1. The Morgan fingerprint density at radius 2 is 1.97 bits per heavy atom. The Hall–Kier alpha value is -3.68. The van der Waals surface area contributed by atoms with Crippen molar-refractivity contribution in [3.8, 4) is 11.1 Å². The predicted octanol–water partition coefficient (Wildman–Crippen LogP) is 4.21. The molecule has 0 N–H and O–H groups in total. The van der Waals surface area contributed by atoms with E-state index in [2.05, 4.69) is 10.1 Å². The summed E-state index contributed by atoms with van der Waals surface area (Å²) in [5, 5.41) is 3.95. The molecule has 30 heavy (non-hydrogen) atoms. The number of halogens is 3. The number of rotatable bonds is 3. The van der Waals surface area contributed by atoms with Crippen LogP contribution in [-0.4, -0.2) is 25.6 Å². The van der Waals surface area contributed by atoms with Gasteiger partial charge in [-0.15, -0.1) is 0 Å². The highest BCUT2D eigenvalue weighted by Gasteiger charge is 2.29. The van der Waals surface area contributed by atoms with Crippen LogP contribution in [0.5, 0.6) is 0 Å². The van der Waals surface area contributed by atoms with E-state index in [1.807, 2.05) is 0 Å². The van der Waals surface area contributed by atoms with Gasteiger partial charge in [0, 0.05) is 28.2 Å². The molecule has 0 saturated heterocycles. The fourth-order valence-electron chi connectivity index (χ4n) is 3.50. The summed E-state index contributed by atoms with van der Waals surface area (Å²) in [5.41, 5.74) is -0.849. The third kappa shape index (κ3) is 2.83. The lowest BCUT2D eigenvalue weighted by atomic mass is 9.99. The molecule has 4 aromatic rings. The number of hydrogen-bond acceptors (Lipinski definition) is 3. The van der Waals surface area contributed by atoms with E-state index in [1.54, 1.807) is 0 Å². The minimum absolute atomic E-state index is 0.00311. The summed E-state index contributed by atoms with van der Waals surface area (Å²) in [5.74, 6) is -3.77. The van der Waals surface area contributed by atoms with E-state index in [1.165, 1.54) is 24.5 Å². The van der Waals surface area contributed by atoms with Crippen molar-refractivity contribution in [3.05, 3.63) is 83.1 Å². The standard InChI is InChI=1S/C22H15F3N4O/c1-28-21-8-13(23)7-15(16(21)9-27-28)12-5-18(24)17(19(25)6-12)10-29-11-20-14(22(29)30)3-2-4-26-20/h2-9H,10-11H2,1H3/i1D3,11D2. The van der Waals surface area contributed by atoms with Crippen molar-refractivity contribution >= 4 is 16.8 Å². The summed E-state index contributed by atoms with van der Waals surface area (Å²) >= 11 is 0. The number of pyridine rings is 1. The highest BCUT2D eigenvalue weighted by molar-refractivity contribution is 5.98. The molecule has 5 nitrogen and oxygen atoms in total. The first-order valence-corrected chi connectivity index (χ1v) is 8.83. The minimum Gasteiger partial charge on any atom is -0.328 e. The molecule has 0 aliphatic carbocycles. The number of nitrogens with zero attached hydrogens (tertiary/aromatic N) is 4. The molecule has 150 valence electrons. The fraction of sp³-hybridized carbons (Fsp3) is 0.136. The van der Waals surface area contributed by atoms with Gasteiger partial charge in [0.2, 0.25) is 0 Å². The van der Waals surface area contributed by atoms with Gasteiger partial charge >= 0.3 is 0 Å². The second-order valence-corrected chi connectivity index (χ2v) is 6.76. The lowest BCUT2D eigenvalue weighted by Crippen LogP contribution is -2.24. The summed E-state index contributed by atoms with van der Waals surface area (Å²) < 4.78 is 84.4. The third-order valence-electron chi connectivity index (χ3n) is 4.95. The van der Waals surface area contributed by atoms with E-state index < -0.39 is 48.9 Å². The van der Waals surface area contributed by atoms with Crippen LogP contribution in [0.25, 0.3) is 22.0 Å². The Morgan fingerprint density at radius 1 is 1.17 bits per heavy atom. The van der Waals surface area contributed by atoms with E-state index in [9.17, 15) is 9.18 Å². The number of hydrogen-bond donors (Lipinski definition) is 0. The Balaban J connectivity index is 1.57. The van der Waals surface area contributed by atoms with Gasteiger partial charge in [-0.1, -0.05) is 0 Å². The molecular formula is C22H15F3N4O. The first-order valence-electron chi connectivity index (χ1n) is 11.3. The van der Waals surface area contributed by atoms with E-state index in [0.29, 0.717) is 9.58 Å². The molecule has 0 unspecified atom stereocenters. The van der Waals surface area contributed by atoms with Gasteiger partial charge in [0.25, 0.3) is 5.91 Å². The zero-order chi connectivity index (χ0) is 25.3. The SMILES string of the molecule is [2H]C1([2H])c2ncccc2C(=O)N1Cc1c(F)cc(-c2cc(F)cc3c2cnn3C([2H])([2H])[2H])cc1F. The smallest absolute Gasteiger partial charge is 0.256 e. The zero-order valence-corrected chi connectivity index (χ0v) is 15.2. The van der Waals surface area contributed by atoms with Crippen molar-refractivity contribution in [1.29, 1.82) is 0 Å². The van der Waals surface area contributed by atoms with Gasteiger partial charge in [-0.3, -0.25) is 14.5 Å². The molecule has 0 saturated carbocycles. The van der Waals surface area contributed by atoms with Crippen LogP contribution in [-0.2, 0) is 20.0 Å². The molecule has 0 spiro atoms. The number of carbonyl (C=O) groups is 1. The maximum atomic E-state index is 15.1. The van der Waals surface area contributed by atoms with Crippen LogP contribution < -0.4 is 0 Å². The summed E-state index contributed by atoms with van der Waals surface area (Å²) in [6.45, 7) is -5.79. The number of amides is 1. The summed E-state index contributed by atoms with van der Waals surface area (Å²) in [6, 6.07) is 6.65. The van der Waals surface area contributed by atoms with Crippen molar-refractivity contribution in [2.24, 2.45) is 6.98 Å². The highest BCUT2D eigenvalue weighted by Crippen LogP contribution is 2.33. The Morgan fingerprint density at radius 3 is 2.70 bits per heavy atom. The van der Waals surface area contributed by atoms with Gasteiger partial charge in [-0.2, -0.15) is 5.10 Å². The fourth-order valence-corrected chi connectivity index (χ4v) is 3.50. The largest absolute Gasteiger partial charge is 0.328 e. The summed E-state index contributed by atoms with van der Waals surface area (Å²) in [6.07, 6.45) is 2.49. The molecule has 2 aromatic carbocycles. The maximum absolute atomic E-state index is 15.1. The van der Waals surface area contributed by atoms with Crippen LogP contribution in [0.2, 0.25) is 0 Å². The van der Waals surface area contributed by atoms with Crippen LogP contribution in [0.15, 0.2) is 48.8 Å². The van der Waals surface area contributed by atoms with Crippen molar-refractivity contribution in [1.82, 2.24) is 19.7 Å². The van der Waals surface area contributed by atoms with Crippen LogP contribution >= 0.6 is 0 Å². The molecule has 1 aliphatic rings. The molecule has 2 aromatic heterocycles. The van der Waals surface area contributed by atoms with Crippen molar-refractivity contribution in [2.45, 2.75) is 13.0 Å². The van der Waals surface area contributed by atoms with Gasteiger partial charge in [-0.25, -0.2) is 13.2 Å². The number of benzene rings is 2. The van der Waals surface area contributed by atoms with E-state index in [-0.39, 0.29) is 33.3 Å². The predicted molar refractivity (Wildman–Crippen MR) is 104 cm³/mol. The average Bonchev–Trinajstić information content (AvgIpc) is 3.28. The molecule has 1 amide bonds. The third-order valence-corrected chi connectivity index (χ3v) is 4.95. The van der Waals surface area contributed by atoms with Gasteiger partial charge in [0.1, 0.15) is 17.5 Å². The molecule has 0 bridgehead atoms. The number of fused-ring (bicyclic) bond motifs is 2. The quantitative estimate of drug-likeness (QED) is 0.506. The molecule has 0 atom stereocenters. The second kappa shape index (κ2) is 6.69. The molecule has 5 rings (SSSR count). The monoisotopic (exact) mass is 413 g/mol. The second-order valence-electron chi connectivity index (χ2n) is 6.76. The number of carbonyl (C=O) groups excluding carboxylic acids is 1. The van der Waals surface area contributed by atoms with E-state index in [4.69, 9.17) is 6.85 Å². The zero-order valence-electron chi connectivity index (χ0n) is 20.2. The molecule has 8 heteroatoms. The lowest BCUT2D eigenvalue weighted by Gasteiger charge is -2.17. The van der Waals surface area contributed by atoms with Crippen LogP contribution in [0.4, 0.5) is 13.2 Å². The molecular weight excluding hydrogens is 393 g/mol. The Kier molecular flexibility index (Phi) is 3.02. The average molecular weight is 413 g/mol. The van der Waals surface area contributed by atoms with Crippen LogP contribution in [0, 0.1) is 17.5 Å². The maximum Gasteiger partial charge on any atom is 0.256 e. The first-order chi connectivity index (χ1) is 16.4. The summed E-state index contributed by atoms with van der Waals surface area (Å²) in [7, 11) is 0. The number of aromatic nitrogens is 3. The summed E-state index contributed by atoms with van der Waals surface area (Å²) in [4.78, 5) is 17.3. The highest BCUT2D eigenvalue weighted by atomic mass is 19.1. The molecule has 0 fully saturated rings. The van der Waals surface area contributed by atoms with Gasteiger partial charge < -0.3 is 4.90 Å². The van der Waals surface area contributed by atoms with Crippen molar-refractivity contribution in [2.75, 3.05) is 0 Å². The van der Waals surface area contributed by atoms with Crippen LogP contribution in [0.3, 0.4) is 0 Å². The van der Waals surface area contributed by atoms with E-state index >= 15 is 8.78 Å². The normalized spacial score (nSPS) is 17.9. The van der Waals surface area contributed by atoms with E-state index in [0.717, 1.165) is 24.3 Å². The first kappa shape index (κ1) is 13.5. The minimum atomic E-state index is -2.69. The van der Waals surface area contributed by atoms with Crippen molar-refractivity contribution in [3.63, 3.8) is 0 Å². The lowest BCUT2D eigenvalue weighted by molar-refractivity contribution is 0.0763. The Bertz CT molecular complexity index is 1500. The van der Waals surface area contributed by atoms with Crippen LogP contribution in [0.1, 0.15) is 28.5 Å². The van der Waals surface area contributed by atoms with Gasteiger partial charge in [-0.05, 0) is 47.5 Å². The van der Waals surface area contributed by atoms with Gasteiger partial charge in [0.15, 0.2) is 0 Å². The Labute approximate surface area is 176 Å². The molecule has 1 aliphatic heterocycles. The van der Waals surface area contributed by atoms with Crippen molar-refractivity contribution < 1.29 is 24.8 Å². The topological polar surface area (TPSA) is 51.0 Å². The van der Waals surface area contributed by atoms with Gasteiger partial charge in [0.05, 0.1) is 38.8 Å². The molecule has 3 heterocycles.